The van der Waals surface area contributed by atoms with Crippen molar-refractivity contribution >= 4 is 18.3 Å². The van der Waals surface area contributed by atoms with Crippen molar-refractivity contribution in [1.82, 2.24) is 5.32 Å². The number of ether oxygens (including phenoxy) is 2. The van der Waals surface area contributed by atoms with Gasteiger partial charge in [-0.1, -0.05) is 25.1 Å². The molecular weight excluding hydrogens is 316 g/mol. The minimum absolute atomic E-state index is 0. The molecule has 1 atom stereocenters. The van der Waals surface area contributed by atoms with Crippen LogP contribution in [0.4, 0.5) is 0 Å². The van der Waals surface area contributed by atoms with Crippen molar-refractivity contribution in [2.75, 3.05) is 19.8 Å². The lowest BCUT2D eigenvalue weighted by molar-refractivity contribution is -0.130. The molecule has 1 saturated heterocycles. The molecule has 128 valence electrons. The third-order valence-electron chi connectivity index (χ3n) is 4.68. The maximum absolute atomic E-state index is 12.6. The Kier molecular flexibility index (Phi) is 5.89. The molecule has 3 N–H and O–H groups in total. The van der Waals surface area contributed by atoms with E-state index in [0.29, 0.717) is 32.7 Å². The normalized spacial score (nSPS) is 22.3. The summed E-state index contributed by atoms with van der Waals surface area (Å²) in [7, 11) is 0. The zero-order valence-electron chi connectivity index (χ0n) is 13.5. The van der Waals surface area contributed by atoms with Crippen molar-refractivity contribution in [3.8, 4) is 5.75 Å². The molecule has 0 bridgehead atoms. The van der Waals surface area contributed by atoms with Gasteiger partial charge in [0.05, 0.1) is 18.2 Å². The summed E-state index contributed by atoms with van der Waals surface area (Å²) in [5.41, 5.74) is 7.72. The lowest BCUT2D eigenvalue weighted by Gasteiger charge is -2.35. The van der Waals surface area contributed by atoms with Crippen LogP contribution in [0.5, 0.6) is 5.75 Å². The van der Waals surface area contributed by atoms with E-state index in [1.54, 1.807) is 0 Å². The summed E-state index contributed by atoms with van der Waals surface area (Å²) in [5, 5.41) is 3.14. The quantitative estimate of drug-likeness (QED) is 0.884. The molecule has 6 heteroatoms. The Labute approximate surface area is 143 Å². The number of rotatable bonds is 3. The van der Waals surface area contributed by atoms with Gasteiger partial charge in [-0.05, 0) is 24.8 Å². The van der Waals surface area contributed by atoms with Crippen LogP contribution < -0.4 is 15.8 Å². The monoisotopic (exact) mass is 340 g/mol. The number of benzene rings is 1. The third-order valence-corrected chi connectivity index (χ3v) is 4.68. The molecule has 0 saturated carbocycles. The Morgan fingerprint density at radius 1 is 1.35 bits per heavy atom. The maximum atomic E-state index is 12.6. The van der Waals surface area contributed by atoms with Gasteiger partial charge in [0.15, 0.2) is 0 Å². The van der Waals surface area contributed by atoms with Crippen LogP contribution in [-0.4, -0.2) is 31.3 Å². The van der Waals surface area contributed by atoms with Gasteiger partial charge in [0, 0.05) is 25.2 Å². The van der Waals surface area contributed by atoms with Crippen molar-refractivity contribution < 1.29 is 14.3 Å². The van der Waals surface area contributed by atoms with Gasteiger partial charge in [-0.3, -0.25) is 4.79 Å². The number of hydrogen-bond acceptors (Lipinski definition) is 4. The number of amides is 1. The highest BCUT2D eigenvalue weighted by Crippen LogP contribution is 2.35. The fourth-order valence-corrected chi connectivity index (χ4v) is 3.18. The van der Waals surface area contributed by atoms with E-state index in [4.69, 9.17) is 15.2 Å². The summed E-state index contributed by atoms with van der Waals surface area (Å²) in [5.74, 6) is 0.857. The fraction of sp³-hybridized carbons (Fsp3) is 0.588. The predicted octanol–water partition coefficient (Wildman–Crippen LogP) is 2.12. The Morgan fingerprint density at radius 3 is 2.78 bits per heavy atom. The summed E-state index contributed by atoms with van der Waals surface area (Å²) >= 11 is 0. The van der Waals surface area contributed by atoms with E-state index in [1.165, 1.54) is 5.56 Å². The summed E-state index contributed by atoms with van der Waals surface area (Å²) in [6, 6.07) is 6.11. The lowest BCUT2D eigenvalue weighted by Crippen LogP contribution is -2.57. The molecule has 1 unspecified atom stereocenters. The number of carbonyl (C=O) groups is 1. The van der Waals surface area contributed by atoms with Crippen molar-refractivity contribution in [2.45, 2.75) is 44.2 Å². The molecule has 2 aliphatic heterocycles. The molecule has 2 heterocycles. The van der Waals surface area contributed by atoms with Gasteiger partial charge >= 0.3 is 0 Å². The van der Waals surface area contributed by atoms with E-state index < -0.39 is 5.54 Å². The highest BCUT2D eigenvalue weighted by molar-refractivity contribution is 5.86. The summed E-state index contributed by atoms with van der Waals surface area (Å²) in [4.78, 5) is 12.6. The first-order valence-electron chi connectivity index (χ1n) is 8.06. The summed E-state index contributed by atoms with van der Waals surface area (Å²) in [6.07, 6.45) is 2.84. The molecule has 2 aliphatic rings. The van der Waals surface area contributed by atoms with Crippen LogP contribution in [0, 0.1) is 0 Å². The number of carbonyl (C=O) groups excluding carboxylic acids is 1. The van der Waals surface area contributed by atoms with Crippen molar-refractivity contribution in [3.63, 3.8) is 0 Å². The lowest BCUT2D eigenvalue weighted by atomic mass is 9.89. The highest BCUT2D eigenvalue weighted by Gasteiger charge is 2.37. The van der Waals surface area contributed by atoms with E-state index in [2.05, 4.69) is 18.3 Å². The van der Waals surface area contributed by atoms with E-state index in [-0.39, 0.29) is 24.4 Å². The zero-order chi connectivity index (χ0) is 15.6. The second-order valence-corrected chi connectivity index (χ2v) is 6.12. The summed E-state index contributed by atoms with van der Waals surface area (Å²) in [6.45, 7) is 3.83. The molecule has 5 nitrogen and oxygen atoms in total. The Bertz CT molecular complexity index is 559. The number of fused-ring (bicyclic) bond motifs is 1. The molecule has 1 aromatic rings. The van der Waals surface area contributed by atoms with E-state index >= 15 is 0 Å². The number of halogens is 1. The van der Waals surface area contributed by atoms with Crippen LogP contribution in [0.2, 0.25) is 0 Å². The number of nitrogens with two attached hydrogens (primary N) is 1. The van der Waals surface area contributed by atoms with E-state index in [1.807, 2.05) is 12.1 Å². The third kappa shape index (κ3) is 3.62. The Morgan fingerprint density at radius 2 is 2.09 bits per heavy atom. The first kappa shape index (κ1) is 18.0. The summed E-state index contributed by atoms with van der Waals surface area (Å²) < 4.78 is 11.1. The molecule has 1 fully saturated rings. The SMILES string of the molecule is CCc1cccc2c1OCCC2NC(=O)C1(N)CCOCC1.Cl. The van der Waals surface area contributed by atoms with Crippen molar-refractivity contribution in [3.05, 3.63) is 29.3 Å². The average Bonchev–Trinajstić information content (AvgIpc) is 2.55. The minimum Gasteiger partial charge on any atom is -0.493 e. The minimum atomic E-state index is -0.806. The van der Waals surface area contributed by atoms with Gasteiger partial charge in [0.1, 0.15) is 5.75 Å². The fourth-order valence-electron chi connectivity index (χ4n) is 3.18. The number of hydrogen-bond donors (Lipinski definition) is 2. The van der Waals surface area contributed by atoms with Crippen molar-refractivity contribution in [2.24, 2.45) is 5.73 Å². The molecule has 0 aromatic heterocycles. The first-order valence-corrected chi connectivity index (χ1v) is 8.06. The maximum Gasteiger partial charge on any atom is 0.240 e. The van der Waals surface area contributed by atoms with Gasteiger partial charge in [-0.25, -0.2) is 0 Å². The molecular formula is C17H25ClN2O3. The first-order chi connectivity index (χ1) is 10.6. The molecule has 1 amide bonds. The number of nitrogens with one attached hydrogen (secondary N) is 1. The van der Waals surface area contributed by atoms with Crippen LogP contribution in [0.3, 0.4) is 0 Å². The number of para-hydroxylation sites is 1. The second kappa shape index (κ2) is 7.51. The van der Waals surface area contributed by atoms with Crippen LogP contribution in [-0.2, 0) is 16.0 Å². The predicted molar refractivity (Wildman–Crippen MR) is 91.0 cm³/mol. The second-order valence-electron chi connectivity index (χ2n) is 6.12. The van der Waals surface area contributed by atoms with Crippen LogP contribution in [0.15, 0.2) is 18.2 Å². The van der Waals surface area contributed by atoms with Gasteiger partial charge in [-0.2, -0.15) is 0 Å². The molecule has 0 radical (unpaired) electrons. The van der Waals surface area contributed by atoms with Gasteiger partial charge in [0.2, 0.25) is 5.91 Å². The Hall–Kier alpha value is -1.30. The largest absolute Gasteiger partial charge is 0.493 e. The van der Waals surface area contributed by atoms with Gasteiger partial charge in [0.25, 0.3) is 0 Å². The average molecular weight is 341 g/mol. The highest BCUT2D eigenvalue weighted by atomic mass is 35.5. The van der Waals surface area contributed by atoms with Crippen LogP contribution >= 0.6 is 12.4 Å². The van der Waals surface area contributed by atoms with Gasteiger partial charge < -0.3 is 20.5 Å². The topological polar surface area (TPSA) is 73.6 Å². The van der Waals surface area contributed by atoms with Crippen molar-refractivity contribution in [1.29, 1.82) is 0 Å². The molecule has 3 rings (SSSR count). The Balaban J connectivity index is 0.00000192. The van der Waals surface area contributed by atoms with Gasteiger partial charge in [-0.15, -0.1) is 12.4 Å². The molecule has 0 aliphatic carbocycles. The van der Waals surface area contributed by atoms with E-state index in [0.717, 1.165) is 24.2 Å². The standard InChI is InChI=1S/C17H24N2O3.ClH/c1-2-12-4-3-5-13-14(6-9-22-15(12)13)19-16(20)17(18)7-10-21-11-8-17;/h3-5,14H,2,6-11,18H2,1H3,(H,19,20);1H. The number of aryl methyl sites for hydroxylation is 1. The zero-order valence-corrected chi connectivity index (χ0v) is 14.3. The molecule has 0 spiro atoms. The smallest absolute Gasteiger partial charge is 0.240 e. The van der Waals surface area contributed by atoms with Crippen LogP contribution in [0.25, 0.3) is 0 Å². The molecule has 1 aromatic carbocycles. The molecule has 23 heavy (non-hydrogen) atoms. The van der Waals surface area contributed by atoms with Crippen LogP contribution in [0.1, 0.15) is 43.4 Å². The van der Waals surface area contributed by atoms with E-state index in [9.17, 15) is 4.79 Å².